The highest BCUT2D eigenvalue weighted by molar-refractivity contribution is 6.31. The summed E-state index contributed by atoms with van der Waals surface area (Å²) >= 11 is 6.28. The van der Waals surface area contributed by atoms with E-state index in [1.807, 2.05) is 36.7 Å². The second kappa shape index (κ2) is 8.64. The number of nitrogens with zero attached hydrogens (tertiary/aromatic N) is 3. The van der Waals surface area contributed by atoms with Crippen LogP contribution in [0.1, 0.15) is 47.8 Å². The SMILES string of the molecule is Clc1ccccc1Cc1ccc([C@@H]2CCCCN2Cc2ccccn2)cn1. The van der Waals surface area contributed by atoms with Gasteiger partial charge in [0.2, 0.25) is 0 Å². The predicted octanol–water partition coefficient (Wildman–Crippen LogP) is 5.45. The second-order valence-electron chi connectivity index (χ2n) is 7.15. The van der Waals surface area contributed by atoms with Crippen molar-refractivity contribution in [1.82, 2.24) is 14.9 Å². The summed E-state index contributed by atoms with van der Waals surface area (Å²) in [5.74, 6) is 0. The molecular formula is C23H24ClN3. The van der Waals surface area contributed by atoms with Gasteiger partial charge in [0.1, 0.15) is 0 Å². The van der Waals surface area contributed by atoms with E-state index in [4.69, 9.17) is 16.6 Å². The zero-order chi connectivity index (χ0) is 18.5. The molecule has 0 saturated carbocycles. The summed E-state index contributed by atoms with van der Waals surface area (Å²) < 4.78 is 0. The molecule has 1 saturated heterocycles. The van der Waals surface area contributed by atoms with Gasteiger partial charge < -0.3 is 0 Å². The topological polar surface area (TPSA) is 29.0 Å². The molecule has 1 aromatic carbocycles. The van der Waals surface area contributed by atoms with Gasteiger partial charge in [-0.25, -0.2) is 0 Å². The molecule has 0 spiro atoms. The highest BCUT2D eigenvalue weighted by Crippen LogP contribution is 2.31. The van der Waals surface area contributed by atoms with Crippen LogP contribution >= 0.6 is 11.6 Å². The number of hydrogen-bond acceptors (Lipinski definition) is 3. The van der Waals surface area contributed by atoms with E-state index in [1.54, 1.807) is 0 Å². The van der Waals surface area contributed by atoms with Crippen LogP contribution in [0.4, 0.5) is 0 Å². The zero-order valence-electron chi connectivity index (χ0n) is 15.4. The van der Waals surface area contributed by atoms with E-state index in [1.165, 1.54) is 24.8 Å². The zero-order valence-corrected chi connectivity index (χ0v) is 16.1. The largest absolute Gasteiger partial charge is 0.290 e. The van der Waals surface area contributed by atoms with E-state index in [0.717, 1.165) is 41.5 Å². The number of hydrogen-bond donors (Lipinski definition) is 0. The van der Waals surface area contributed by atoms with Crippen LogP contribution in [0.15, 0.2) is 67.0 Å². The number of likely N-dealkylation sites (tertiary alicyclic amines) is 1. The standard InChI is InChI=1S/C23H24ClN3/c24-22-9-2-1-7-18(22)15-20-12-11-19(16-26-20)23-10-4-6-14-27(23)17-21-8-3-5-13-25-21/h1-3,5,7-9,11-13,16,23H,4,6,10,14-15,17H2/t23-/m0/s1. The molecule has 0 aliphatic carbocycles. The molecule has 1 aliphatic rings. The molecule has 138 valence electrons. The highest BCUT2D eigenvalue weighted by atomic mass is 35.5. The Morgan fingerprint density at radius 2 is 1.81 bits per heavy atom. The minimum absolute atomic E-state index is 0.419. The quantitative estimate of drug-likeness (QED) is 0.592. The fourth-order valence-electron chi connectivity index (χ4n) is 3.83. The van der Waals surface area contributed by atoms with Gasteiger partial charge in [0.05, 0.1) is 5.69 Å². The third kappa shape index (κ3) is 4.55. The Morgan fingerprint density at radius 3 is 2.59 bits per heavy atom. The van der Waals surface area contributed by atoms with Gasteiger partial charge in [-0.15, -0.1) is 0 Å². The molecule has 0 N–H and O–H groups in total. The first-order valence-corrected chi connectivity index (χ1v) is 9.99. The Kier molecular flexibility index (Phi) is 5.81. The molecule has 3 nitrogen and oxygen atoms in total. The van der Waals surface area contributed by atoms with Gasteiger partial charge in [0.15, 0.2) is 0 Å². The Labute approximate surface area is 166 Å². The van der Waals surface area contributed by atoms with Crippen molar-refractivity contribution in [3.8, 4) is 0 Å². The van der Waals surface area contributed by atoms with Crippen molar-refractivity contribution >= 4 is 11.6 Å². The number of aromatic nitrogens is 2. The maximum atomic E-state index is 6.28. The molecular weight excluding hydrogens is 354 g/mol. The first kappa shape index (κ1) is 18.1. The molecule has 0 radical (unpaired) electrons. The maximum absolute atomic E-state index is 6.28. The van der Waals surface area contributed by atoms with Crippen LogP contribution in [-0.2, 0) is 13.0 Å². The van der Waals surface area contributed by atoms with Crippen LogP contribution in [0.3, 0.4) is 0 Å². The third-order valence-electron chi connectivity index (χ3n) is 5.27. The molecule has 0 bridgehead atoms. The average molecular weight is 378 g/mol. The first-order valence-electron chi connectivity index (χ1n) is 9.62. The molecule has 3 aromatic rings. The van der Waals surface area contributed by atoms with Gasteiger partial charge in [-0.1, -0.05) is 48.4 Å². The maximum Gasteiger partial charge on any atom is 0.0544 e. The van der Waals surface area contributed by atoms with Gasteiger partial charge in [-0.3, -0.25) is 14.9 Å². The van der Waals surface area contributed by atoms with Crippen molar-refractivity contribution in [3.05, 3.63) is 94.5 Å². The van der Waals surface area contributed by atoms with Gasteiger partial charge >= 0.3 is 0 Å². The fraction of sp³-hybridized carbons (Fsp3) is 0.304. The molecule has 1 fully saturated rings. The molecule has 4 heteroatoms. The van der Waals surface area contributed by atoms with E-state index in [-0.39, 0.29) is 0 Å². The molecule has 0 amide bonds. The minimum atomic E-state index is 0.419. The van der Waals surface area contributed by atoms with E-state index >= 15 is 0 Å². The molecule has 2 aromatic heterocycles. The highest BCUT2D eigenvalue weighted by Gasteiger charge is 2.24. The van der Waals surface area contributed by atoms with E-state index < -0.39 is 0 Å². The number of halogens is 1. The van der Waals surface area contributed by atoms with Gasteiger partial charge in [0.25, 0.3) is 0 Å². The summed E-state index contributed by atoms with van der Waals surface area (Å²) in [6.45, 7) is 2.01. The van der Waals surface area contributed by atoms with Crippen LogP contribution in [0.5, 0.6) is 0 Å². The number of piperidine rings is 1. The number of benzene rings is 1. The summed E-state index contributed by atoms with van der Waals surface area (Å²) in [6, 6.07) is 18.9. The minimum Gasteiger partial charge on any atom is -0.290 e. The lowest BCUT2D eigenvalue weighted by atomic mass is 9.95. The normalized spacial score (nSPS) is 17.7. The lowest BCUT2D eigenvalue weighted by Crippen LogP contribution is -2.33. The van der Waals surface area contributed by atoms with Gasteiger partial charge in [-0.05, 0) is 54.8 Å². The lowest BCUT2D eigenvalue weighted by Gasteiger charge is -2.35. The first-order chi connectivity index (χ1) is 13.3. The van der Waals surface area contributed by atoms with Crippen LogP contribution in [0.25, 0.3) is 0 Å². The van der Waals surface area contributed by atoms with E-state index in [9.17, 15) is 0 Å². The summed E-state index contributed by atoms with van der Waals surface area (Å²) in [5, 5.41) is 0.803. The van der Waals surface area contributed by atoms with Crippen LogP contribution in [0, 0.1) is 0 Å². The van der Waals surface area contributed by atoms with Crippen molar-refractivity contribution in [2.45, 2.75) is 38.3 Å². The van der Waals surface area contributed by atoms with Crippen molar-refractivity contribution in [2.24, 2.45) is 0 Å². The van der Waals surface area contributed by atoms with Crippen molar-refractivity contribution in [2.75, 3.05) is 6.54 Å². The Hall–Kier alpha value is -2.23. The third-order valence-corrected chi connectivity index (χ3v) is 5.64. The summed E-state index contributed by atoms with van der Waals surface area (Å²) in [7, 11) is 0. The van der Waals surface area contributed by atoms with Crippen LogP contribution in [0.2, 0.25) is 5.02 Å². The summed E-state index contributed by atoms with van der Waals surface area (Å²) in [4.78, 5) is 11.8. The molecule has 1 aliphatic heterocycles. The molecule has 3 heterocycles. The van der Waals surface area contributed by atoms with E-state index in [0.29, 0.717) is 6.04 Å². The summed E-state index contributed by atoms with van der Waals surface area (Å²) in [6.07, 6.45) is 8.39. The number of pyridine rings is 2. The van der Waals surface area contributed by atoms with Crippen LogP contribution in [-0.4, -0.2) is 21.4 Å². The second-order valence-corrected chi connectivity index (χ2v) is 7.56. The van der Waals surface area contributed by atoms with Crippen molar-refractivity contribution in [1.29, 1.82) is 0 Å². The molecule has 1 atom stereocenters. The van der Waals surface area contributed by atoms with Crippen molar-refractivity contribution in [3.63, 3.8) is 0 Å². The molecule has 4 rings (SSSR count). The van der Waals surface area contributed by atoms with Crippen LogP contribution < -0.4 is 0 Å². The Morgan fingerprint density at radius 1 is 0.926 bits per heavy atom. The van der Waals surface area contributed by atoms with Gasteiger partial charge in [0, 0.05) is 42.1 Å². The smallest absolute Gasteiger partial charge is 0.0544 e. The fourth-order valence-corrected chi connectivity index (χ4v) is 4.03. The average Bonchev–Trinajstić information content (AvgIpc) is 2.72. The lowest BCUT2D eigenvalue weighted by molar-refractivity contribution is 0.138. The van der Waals surface area contributed by atoms with E-state index in [2.05, 4.69) is 40.2 Å². The van der Waals surface area contributed by atoms with Crippen molar-refractivity contribution < 1.29 is 0 Å². The predicted molar refractivity (Wildman–Crippen MR) is 110 cm³/mol. The Balaban J connectivity index is 1.48. The van der Waals surface area contributed by atoms with Gasteiger partial charge in [-0.2, -0.15) is 0 Å². The Bertz CT molecular complexity index is 864. The molecule has 0 unspecified atom stereocenters. The molecule has 27 heavy (non-hydrogen) atoms. The monoisotopic (exact) mass is 377 g/mol. The summed E-state index contributed by atoms with van der Waals surface area (Å²) in [5.41, 5.74) is 4.61. The number of rotatable bonds is 5.